The third-order valence-electron chi connectivity index (χ3n) is 3.82. The normalized spacial score (nSPS) is 15.4. The Morgan fingerprint density at radius 2 is 2.19 bits per heavy atom. The van der Waals surface area contributed by atoms with Crippen molar-refractivity contribution in [3.63, 3.8) is 0 Å². The maximum atomic E-state index is 12.3. The fourth-order valence-corrected chi connectivity index (χ4v) is 2.79. The number of hydrogen-bond donors (Lipinski definition) is 1. The number of carbonyl (C=O) groups excluding carboxylic acids is 1. The number of fused-ring (bicyclic) bond motifs is 1. The van der Waals surface area contributed by atoms with E-state index in [4.69, 9.17) is 4.74 Å². The van der Waals surface area contributed by atoms with Gasteiger partial charge in [-0.2, -0.15) is 0 Å². The standard InChI is InChI=1S/C16H21NO4/c1-11(10-21-2)8-15(18)17-7-6-13-12(9-17)4-3-5-14(13)16(19)20/h3-5,11H,6-10H2,1-2H3,(H,19,20). The van der Waals surface area contributed by atoms with Gasteiger partial charge in [0.25, 0.3) is 0 Å². The van der Waals surface area contributed by atoms with E-state index < -0.39 is 5.97 Å². The Bertz CT molecular complexity index is 541. The molecule has 0 spiro atoms. The minimum atomic E-state index is -0.902. The number of methoxy groups -OCH3 is 1. The molecule has 1 unspecified atom stereocenters. The predicted molar refractivity (Wildman–Crippen MR) is 78.2 cm³/mol. The first-order valence-corrected chi connectivity index (χ1v) is 7.13. The van der Waals surface area contributed by atoms with Crippen molar-refractivity contribution in [2.75, 3.05) is 20.3 Å². The lowest BCUT2D eigenvalue weighted by Crippen LogP contribution is -2.37. The number of carboxylic acids is 1. The maximum Gasteiger partial charge on any atom is 0.335 e. The quantitative estimate of drug-likeness (QED) is 0.900. The van der Waals surface area contributed by atoms with Crippen LogP contribution in [0.1, 0.15) is 34.8 Å². The van der Waals surface area contributed by atoms with Crippen LogP contribution in [-0.4, -0.2) is 42.1 Å². The Balaban J connectivity index is 2.08. The molecule has 1 aliphatic rings. The van der Waals surface area contributed by atoms with Gasteiger partial charge in [-0.25, -0.2) is 4.79 Å². The Morgan fingerprint density at radius 1 is 1.43 bits per heavy atom. The second kappa shape index (κ2) is 6.72. The molecule has 5 nitrogen and oxygen atoms in total. The summed E-state index contributed by atoms with van der Waals surface area (Å²) in [5.74, 6) is -0.611. The molecule has 5 heteroatoms. The van der Waals surface area contributed by atoms with E-state index in [0.717, 1.165) is 11.1 Å². The molecule has 0 saturated carbocycles. The number of amides is 1. The van der Waals surface area contributed by atoms with Gasteiger partial charge in [0.15, 0.2) is 0 Å². The first kappa shape index (κ1) is 15.5. The summed E-state index contributed by atoms with van der Waals surface area (Å²) in [7, 11) is 1.63. The van der Waals surface area contributed by atoms with E-state index >= 15 is 0 Å². The zero-order valence-electron chi connectivity index (χ0n) is 12.5. The SMILES string of the molecule is COCC(C)CC(=O)N1CCc2c(cccc2C(=O)O)C1. The highest BCUT2D eigenvalue weighted by atomic mass is 16.5. The van der Waals surface area contributed by atoms with Gasteiger partial charge >= 0.3 is 5.97 Å². The molecule has 1 aliphatic heterocycles. The fourth-order valence-electron chi connectivity index (χ4n) is 2.79. The number of ether oxygens (including phenoxy) is 1. The number of nitrogens with zero attached hydrogens (tertiary/aromatic N) is 1. The number of aromatic carboxylic acids is 1. The second-order valence-electron chi connectivity index (χ2n) is 5.58. The van der Waals surface area contributed by atoms with E-state index in [1.807, 2.05) is 13.0 Å². The van der Waals surface area contributed by atoms with E-state index in [-0.39, 0.29) is 11.8 Å². The third-order valence-corrected chi connectivity index (χ3v) is 3.82. The highest BCUT2D eigenvalue weighted by molar-refractivity contribution is 5.90. The van der Waals surface area contributed by atoms with Gasteiger partial charge in [0.05, 0.1) is 5.56 Å². The van der Waals surface area contributed by atoms with Crippen molar-refractivity contribution >= 4 is 11.9 Å². The van der Waals surface area contributed by atoms with Crippen LogP contribution < -0.4 is 0 Å². The number of benzene rings is 1. The van der Waals surface area contributed by atoms with Crippen LogP contribution in [-0.2, 0) is 22.5 Å². The van der Waals surface area contributed by atoms with E-state index in [0.29, 0.717) is 38.1 Å². The van der Waals surface area contributed by atoms with Gasteiger partial charge < -0.3 is 14.7 Å². The van der Waals surface area contributed by atoms with Crippen molar-refractivity contribution in [1.29, 1.82) is 0 Å². The molecule has 1 atom stereocenters. The van der Waals surface area contributed by atoms with Gasteiger partial charge in [-0.05, 0) is 29.5 Å². The molecule has 0 bridgehead atoms. The third kappa shape index (κ3) is 3.61. The molecule has 21 heavy (non-hydrogen) atoms. The zero-order chi connectivity index (χ0) is 15.4. The summed E-state index contributed by atoms with van der Waals surface area (Å²) in [5, 5.41) is 9.20. The molecule has 0 radical (unpaired) electrons. The lowest BCUT2D eigenvalue weighted by atomic mass is 9.94. The number of carbonyl (C=O) groups is 2. The van der Waals surface area contributed by atoms with E-state index in [9.17, 15) is 14.7 Å². The molecule has 0 aromatic heterocycles. The fraction of sp³-hybridized carbons (Fsp3) is 0.500. The smallest absolute Gasteiger partial charge is 0.335 e. The van der Waals surface area contributed by atoms with Gasteiger partial charge in [0.2, 0.25) is 5.91 Å². The van der Waals surface area contributed by atoms with Crippen molar-refractivity contribution < 1.29 is 19.4 Å². The molecule has 1 aromatic rings. The van der Waals surface area contributed by atoms with Crippen LogP contribution in [0.4, 0.5) is 0 Å². The molecule has 1 N–H and O–H groups in total. The van der Waals surface area contributed by atoms with Crippen molar-refractivity contribution in [1.82, 2.24) is 4.90 Å². The second-order valence-corrected chi connectivity index (χ2v) is 5.58. The summed E-state index contributed by atoms with van der Waals surface area (Å²) in [6, 6.07) is 5.27. The highest BCUT2D eigenvalue weighted by Crippen LogP contribution is 2.23. The molecule has 0 aliphatic carbocycles. The monoisotopic (exact) mass is 291 g/mol. The van der Waals surface area contributed by atoms with Gasteiger partial charge in [-0.15, -0.1) is 0 Å². The predicted octanol–water partition coefficient (Wildman–Crippen LogP) is 1.94. The van der Waals surface area contributed by atoms with Gasteiger partial charge in [0.1, 0.15) is 0 Å². The van der Waals surface area contributed by atoms with Gasteiger partial charge in [0, 0.05) is 33.2 Å². The van der Waals surface area contributed by atoms with Crippen LogP contribution in [0.15, 0.2) is 18.2 Å². The summed E-state index contributed by atoms with van der Waals surface area (Å²) < 4.78 is 5.05. The largest absolute Gasteiger partial charge is 0.478 e. The van der Waals surface area contributed by atoms with E-state index in [1.54, 1.807) is 24.1 Å². The zero-order valence-corrected chi connectivity index (χ0v) is 12.5. The van der Waals surface area contributed by atoms with Gasteiger partial charge in [-0.3, -0.25) is 4.79 Å². The first-order valence-electron chi connectivity index (χ1n) is 7.13. The summed E-state index contributed by atoms with van der Waals surface area (Å²) >= 11 is 0. The van der Waals surface area contributed by atoms with Crippen LogP contribution in [0.5, 0.6) is 0 Å². The molecule has 1 heterocycles. The molecular weight excluding hydrogens is 270 g/mol. The van der Waals surface area contributed by atoms with Crippen LogP contribution >= 0.6 is 0 Å². The van der Waals surface area contributed by atoms with Crippen LogP contribution in [0.3, 0.4) is 0 Å². The Kier molecular flexibility index (Phi) is 4.96. The topological polar surface area (TPSA) is 66.8 Å². The molecule has 0 fully saturated rings. The lowest BCUT2D eigenvalue weighted by Gasteiger charge is -2.30. The van der Waals surface area contributed by atoms with Crippen LogP contribution in [0.2, 0.25) is 0 Å². The van der Waals surface area contributed by atoms with Crippen molar-refractivity contribution in [2.45, 2.75) is 26.3 Å². The molecule has 1 aromatic carbocycles. The van der Waals surface area contributed by atoms with E-state index in [1.165, 1.54) is 0 Å². The number of carboxylic acid groups (broad SMARTS) is 1. The Morgan fingerprint density at radius 3 is 2.86 bits per heavy atom. The Labute approximate surface area is 124 Å². The minimum Gasteiger partial charge on any atom is -0.478 e. The molecule has 114 valence electrons. The molecule has 1 amide bonds. The van der Waals surface area contributed by atoms with Crippen LogP contribution in [0.25, 0.3) is 0 Å². The Hall–Kier alpha value is -1.88. The summed E-state index contributed by atoms with van der Waals surface area (Å²) in [6.45, 7) is 3.63. The number of hydrogen-bond acceptors (Lipinski definition) is 3. The average Bonchev–Trinajstić information content (AvgIpc) is 2.46. The summed E-state index contributed by atoms with van der Waals surface area (Å²) in [6.07, 6.45) is 1.06. The molecule has 0 saturated heterocycles. The molecular formula is C16H21NO4. The van der Waals surface area contributed by atoms with Crippen molar-refractivity contribution in [3.8, 4) is 0 Å². The summed E-state index contributed by atoms with van der Waals surface area (Å²) in [5.41, 5.74) is 2.15. The van der Waals surface area contributed by atoms with Crippen molar-refractivity contribution in [2.24, 2.45) is 5.92 Å². The first-order chi connectivity index (χ1) is 10.0. The van der Waals surface area contributed by atoms with E-state index in [2.05, 4.69) is 0 Å². The lowest BCUT2D eigenvalue weighted by molar-refractivity contribution is -0.133. The van der Waals surface area contributed by atoms with Crippen LogP contribution in [0, 0.1) is 5.92 Å². The van der Waals surface area contributed by atoms with Gasteiger partial charge in [-0.1, -0.05) is 19.1 Å². The van der Waals surface area contributed by atoms with Crippen molar-refractivity contribution in [3.05, 3.63) is 34.9 Å². The number of rotatable bonds is 5. The highest BCUT2D eigenvalue weighted by Gasteiger charge is 2.24. The minimum absolute atomic E-state index is 0.103. The summed E-state index contributed by atoms with van der Waals surface area (Å²) in [4.78, 5) is 25.3. The average molecular weight is 291 g/mol. The molecule has 2 rings (SSSR count). The maximum absolute atomic E-state index is 12.3.